The lowest BCUT2D eigenvalue weighted by Crippen LogP contribution is -2.59. The van der Waals surface area contributed by atoms with Gasteiger partial charge in [-0.3, -0.25) is 14.5 Å². The van der Waals surface area contributed by atoms with Crippen molar-refractivity contribution in [2.45, 2.75) is 64.1 Å². The van der Waals surface area contributed by atoms with Gasteiger partial charge in [0.05, 0.1) is 0 Å². The van der Waals surface area contributed by atoms with Crippen LogP contribution in [0.1, 0.15) is 56.3 Å². The Kier molecular flexibility index (Phi) is 4.56. The van der Waals surface area contributed by atoms with E-state index in [0.717, 1.165) is 37.9 Å². The van der Waals surface area contributed by atoms with Crippen molar-refractivity contribution in [1.82, 2.24) is 15.2 Å². The van der Waals surface area contributed by atoms with Gasteiger partial charge in [-0.15, -0.1) is 0 Å². The van der Waals surface area contributed by atoms with E-state index in [4.69, 9.17) is 10.5 Å². The fourth-order valence-electron chi connectivity index (χ4n) is 4.89. The molecule has 2 saturated carbocycles. The number of nitrogens with two attached hydrogens (primary N) is 1. The van der Waals surface area contributed by atoms with Crippen LogP contribution in [0.2, 0.25) is 0 Å². The molecule has 28 heavy (non-hydrogen) atoms. The second-order valence-corrected chi connectivity index (χ2v) is 8.59. The minimum absolute atomic E-state index is 0.0393. The Morgan fingerprint density at radius 2 is 2.18 bits per heavy atom. The number of amides is 2. The molecule has 2 atom stereocenters. The zero-order valence-electron chi connectivity index (χ0n) is 16.5. The number of pyridine rings is 1. The number of carbonyl (C=O) groups excluding carboxylic acids is 2. The van der Waals surface area contributed by atoms with Gasteiger partial charge < -0.3 is 15.8 Å². The van der Waals surface area contributed by atoms with E-state index in [1.165, 1.54) is 0 Å². The summed E-state index contributed by atoms with van der Waals surface area (Å²) in [7, 11) is 0. The Bertz CT molecular complexity index is 810. The lowest BCUT2D eigenvalue weighted by atomic mass is 9.52. The second kappa shape index (κ2) is 6.79. The third kappa shape index (κ3) is 3.02. The summed E-state index contributed by atoms with van der Waals surface area (Å²) in [6.07, 6.45) is 6.36. The number of hydrogen-bond acceptors (Lipinski definition) is 5. The normalized spacial score (nSPS) is 32.5. The first-order valence-corrected chi connectivity index (χ1v) is 10.0. The van der Waals surface area contributed by atoms with Crippen LogP contribution in [0.25, 0.3) is 0 Å². The molecule has 3 fully saturated rings. The van der Waals surface area contributed by atoms with Crippen LogP contribution in [0.3, 0.4) is 0 Å². The molecule has 1 aliphatic heterocycles. The molecule has 2 aliphatic carbocycles. The van der Waals surface area contributed by atoms with E-state index in [9.17, 15) is 9.59 Å². The number of ether oxygens (including phenoxy) is 1. The van der Waals surface area contributed by atoms with Crippen molar-refractivity contribution < 1.29 is 14.3 Å². The van der Waals surface area contributed by atoms with Gasteiger partial charge in [-0.1, -0.05) is 26.8 Å². The van der Waals surface area contributed by atoms with Crippen molar-refractivity contribution >= 4 is 11.8 Å². The summed E-state index contributed by atoms with van der Waals surface area (Å²) >= 11 is 0. The van der Waals surface area contributed by atoms with Gasteiger partial charge in [0.1, 0.15) is 23.5 Å². The average Bonchev–Trinajstić information content (AvgIpc) is 2.90. The Balaban J connectivity index is 1.32. The van der Waals surface area contributed by atoms with E-state index in [1.54, 1.807) is 18.3 Å². The quantitative estimate of drug-likeness (QED) is 0.783. The summed E-state index contributed by atoms with van der Waals surface area (Å²) in [6, 6.07) is 3.37. The number of primary amides is 1. The molecule has 1 saturated heterocycles. The zero-order valence-corrected chi connectivity index (χ0v) is 16.5. The first-order valence-electron chi connectivity index (χ1n) is 10.0. The number of hydrogen-bond donors (Lipinski definition) is 2. The van der Waals surface area contributed by atoms with Crippen LogP contribution in [-0.4, -0.2) is 39.9 Å². The highest BCUT2D eigenvalue weighted by Gasteiger charge is 2.57. The van der Waals surface area contributed by atoms with Crippen molar-refractivity contribution in [2.75, 3.05) is 0 Å². The van der Waals surface area contributed by atoms with Crippen molar-refractivity contribution in [1.29, 1.82) is 0 Å². The summed E-state index contributed by atoms with van der Waals surface area (Å²) in [6.45, 7) is 8.26. The van der Waals surface area contributed by atoms with Crippen molar-refractivity contribution in [3.05, 3.63) is 36.3 Å². The molecule has 7 heteroatoms. The largest absolute Gasteiger partial charge is 0.474 e. The maximum Gasteiger partial charge on any atom is 0.254 e. The fraction of sp³-hybridized carbons (Fsp3) is 0.571. The molecule has 0 radical (unpaired) electrons. The highest BCUT2D eigenvalue weighted by atomic mass is 16.5. The lowest BCUT2D eigenvalue weighted by Gasteiger charge is -2.58. The minimum Gasteiger partial charge on any atom is -0.474 e. The third-order valence-electron chi connectivity index (χ3n) is 6.67. The number of carbonyl (C=O) groups is 2. The molecular weight excluding hydrogens is 356 g/mol. The van der Waals surface area contributed by atoms with E-state index in [2.05, 4.69) is 30.7 Å². The second-order valence-electron chi connectivity index (χ2n) is 8.59. The molecule has 1 spiro atoms. The predicted octanol–water partition coefficient (Wildman–Crippen LogP) is 2.19. The Hall–Kier alpha value is -2.57. The summed E-state index contributed by atoms with van der Waals surface area (Å²) in [5.41, 5.74) is 5.93. The summed E-state index contributed by atoms with van der Waals surface area (Å²) in [5, 5.41) is 3.28. The van der Waals surface area contributed by atoms with E-state index in [1.807, 2.05) is 4.90 Å². The molecule has 7 nitrogen and oxygen atoms in total. The predicted molar refractivity (Wildman–Crippen MR) is 104 cm³/mol. The SMILES string of the molecule is C=C1N[C@@H]([C@@H](C)CC)C(=O)N1C1CC2(CC(Oc3ncccc3C(N)=O)C2)C1. The third-order valence-corrected chi connectivity index (χ3v) is 6.67. The average molecular weight is 384 g/mol. The van der Waals surface area contributed by atoms with Crippen LogP contribution in [0.4, 0.5) is 0 Å². The van der Waals surface area contributed by atoms with Crippen LogP contribution in [0, 0.1) is 11.3 Å². The molecule has 2 heterocycles. The lowest BCUT2D eigenvalue weighted by molar-refractivity contribution is -0.143. The molecule has 150 valence electrons. The van der Waals surface area contributed by atoms with Crippen molar-refractivity contribution in [2.24, 2.45) is 17.1 Å². The maximum absolute atomic E-state index is 12.8. The van der Waals surface area contributed by atoms with Gasteiger partial charge in [-0.25, -0.2) is 4.98 Å². The molecule has 4 rings (SSSR count). The minimum atomic E-state index is -0.532. The van der Waals surface area contributed by atoms with Crippen LogP contribution >= 0.6 is 0 Å². The summed E-state index contributed by atoms with van der Waals surface area (Å²) in [4.78, 5) is 30.3. The molecular formula is C21H28N4O3. The molecule has 1 aromatic rings. The molecule has 0 unspecified atom stereocenters. The fourth-order valence-corrected chi connectivity index (χ4v) is 4.89. The zero-order chi connectivity index (χ0) is 20.1. The molecule has 2 amide bonds. The Labute approximate surface area is 165 Å². The van der Waals surface area contributed by atoms with Gasteiger partial charge in [0.15, 0.2) is 0 Å². The highest BCUT2D eigenvalue weighted by Crippen LogP contribution is 2.58. The highest BCUT2D eigenvalue weighted by molar-refractivity contribution is 5.94. The molecule has 0 aromatic carbocycles. The van der Waals surface area contributed by atoms with Gasteiger partial charge in [0.2, 0.25) is 5.88 Å². The van der Waals surface area contributed by atoms with Crippen LogP contribution in [0.15, 0.2) is 30.7 Å². The van der Waals surface area contributed by atoms with Crippen LogP contribution < -0.4 is 15.8 Å². The van der Waals surface area contributed by atoms with E-state index in [-0.39, 0.29) is 29.5 Å². The van der Waals surface area contributed by atoms with Crippen LogP contribution in [-0.2, 0) is 4.79 Å². The first kappa shape index (κ1) is 18.8. The number of aromatic nitrogens is 1. The smallest absolute Gasteiger partial charge is 0.254 e. The van der Waals surface area contributed by atoms with E-state index < -0.39 is 5.91 Å². The molecule has 0 bridgehead atoms. The standard InChI is InChI=1S/C21H28N4O3/c1-4-12(2)17-20(27)25(13(3)24-17)14-8-21(9-14)10-15(11-21)28-19-16(18(22)26)6-5-7-23-19/h5-7,12,14-15,17,24H,3-4,8-11H2,1-2H3,(H2,22,26)/t12-,14?,15?,17-,21?/m0/s1. The van der Waals surface area contributed by atoms with Crippen LogP contribution in [0.5, 0.6) is 5.88 Å². The van der Waals surface area contributed by atoms with Gasteiger partial charge in [-0.2, -0.15) is 0 Å². The Morgan fingerprint density at radius 1 is 1.46 bits per heavy atom. The van der Waals surface area contributed by atoms with E-state index in [0.29, 0.717) is 17.4 Å². The number of nitrogens with zero attached hydrogens (tertiary/aromatic N) is 2. The maximum atomic E-state index is 12.8. The molecule has 3 aliphatic rings. The van der Waals surface area contributed by atoms with Crippen molar-refractivity contribution in [3.8, 4) is 5.88 Å². The summed E-state index contributed by atoms with van der Waals surface area (Å²) < 4.78 is 5.92. The van der Waals surface area contributed by atoms with Gasteiger partial charge in [-0.05, 0) is 49.1 Å². The number of rotatable bonds is 6. The monoisotopic (exact) mass is 384 g/mol. The van der Waals surface area contributed by atoms with Crippen molar-refractivity contribution in [3.63, 3.8) is 0 Å². The first-order chi connectivity index (χ1) is 13.3. The molecule has 3 N–H and O–H groups in total. The molecule has 1 aromatic heterocycles. The Morgan fingerprint density at radius 3 is 2.82 bits per heavy atom. The van der Waals surface area contributed by atoms with Gasteiger partial charge >= 0.3 is 0 Å². The summed E-state index contributed by atoms with van der Waals surface area (Å²) in [5.74, 6) is 0.972. The van der Waals surface area contributed by atoms with E-state index >= 15 is 0 Å². The van der Waals surface area contributed by atoms with Gasteiger partial charge in [0, 0.05) is 12.2 Å². The topological polar surface area (TPSA) is 97.6 Å². The number of nitrogens with one attached hydrogen (secondary N) is 1. The van der Waals surface area contributed by atoms with Gasteiger partial charge in [0.25, 0.3) is 11.8 Å².